The van der Waals surface area contributed by atoms with E-state index in [0.29, 0.717) is 17.8 Å². The number of hydrogen-bond donors (Lipinski definition) is 3. The number of aliphatic hydroxyl groups excluding tert-OH is 3. The van der Waals surface area contributed by atoms with Gasteiger partial charge in [-0.3, -0.25) is 4.79 Å². The number of rotatable bonds is 1. The molecule has 0 aromatic carbocycles. The van der Waals surface area contributed by atoms with E-state index < -0.39 is 23.0 Å². The van der Waals surface area contributed by atoms with Crippen LogP contribution >= 0.6 is 0 Å². The highest BCUT2D eigenvalue weighted by Crippen LogP contribution is 2.70. The predicted octanol–water partition coefficient (Wildman–Crippen LogP) is 5.29. The lowest BCUT2D eigenvalue weighted by Crippen LogP contribution is -2.60. The van der Waals surface area contributed by atoms with Crippen LogP contribution in [-0.2, 0) is 4.79 Å². The maximum absolute atomic E-state index is 13.6. The zero-order chi connectivity index (χ0) is 24.9. The van der Waals surface area contributed by atoms with Gasteiger partial charge in [-0.1, -0.05) is 47.1 Å². The molecule has 0 heterocycles. The highest BCUT2D eigenvalue weighted by molar-refractivity contribution is 5.95. The standard InChI is InChI=1S/C30H48O4/c1-26(2)23(33)10-13-28(4)19-7-8-21-27(3,16-18(19)15-20(32)25(26)28)12-9-22-29(21,5)14-11-24(34)30(22,6)17-31/h15,19,21-25,31,33-34H,7-14,16-17H2,1-6H3/t19-,21+,22+,23+,24+,25-,27-,28+,29+,30+/m0/s1. The molecule has 4 heteroatoms. The molecule has 0 unspecified atom stereocenters. The molecule has 10 atom stereocenters. The van der Waals surface area contributed by atoms with Gasteiger partial charge in [0.2, 0.25) is 0 Å². The SMILES string of the molecule is CC1(C)[C@H](O)CC[C@]2(C)[C@H]3CC[C@@H]4[C@@](C)(CC[C@@H]5[C@]4(C)CC[C@@H](O)[C@]5(C)CO)CC3=CC(=O)[C@@H]12. The van der Waals surface area contributed by atoms with Gasteiger partial charge in [0.15, 0.2) is 5.78 Å². The zero-order valence-corrected chi connectivity index (χ0v) is 22.4. The minimum absolute atomic E-state index is 0.0529. The molecule has 4 nitrogen and oxygen atoms in total. The van der Waals surface area contributed by atoms with Crippen molar-refractivity contribution in [3.8, 4) is 0 Å². The molecule has 3 N–H and O–H groups in total. The summed E-state index contributed by atoms with van der Waals surface area (Å²) >= 11 is 0. The van der Waals surface area contributed by atoms with Gasteiger partial charge < -0.3 is 15.3 Å². The van der Waals surface area contributed by atoms with Crippen molar-refractivity contribution in [2.24, 2.45) is 50.7 Å². The molecule has 4 saturated carbocycles. The van der Waals surface area contributed by atoms with E-state index in [4.69, 9.17) is 0 Å². The average molecular weight is 473 g/mol. The van der Waals surface area contributed by atoms with Gasteiger partial charge in [-0.25, -0.2) is 0 Å². The van der Waals surface area contributed by atoms with Crippen LogP contribution in [0.25, 0.3) is 0 Å². The Labute approximate surface area is 206 Å². The largest absolute Gasteiger partial charge is 0.396 e. The molecule has 0 spiro atoms. The molecule has 0 aromatic heterocycles. The van der Waals surface area contributed by atoms with Crippen molar-refractivity contribution in [1.29, 1.82) is 0 Å². The summed E-state index contributed by atoms with van der Waals surface area (Å²) in [6, 6.07) is 0. The summed E-state index contributed by atoms with van der Waals surface area (Å²) in [7, 11) is 0. The number of hydrogen-bond acceptors (Lipinski definition) is 4. The Balaban J connectivity index is 1.54. The van der Waals surface area contributed by atoms with Crippen LogP contribution < -0.4 is 0 Å². The highest BCUT2D eigenvalue weighted by atomic mass is 16.3. The highest BCUT2D eigenvalue weighted by Gasteiger charge is 2.64. The Morgan fingerprint density at radius 3 is 2.15 bits per heavy atom. The van der Waals surface area contributed by atoms with Crippen LogP contribution in [-0.4, -0.2) is 39.9 Å². The minimum atomic E-state index is -0.427. The monoisotopic (exact) mass is 472 g/mol. The summed E-state index contributed by atoms with van der Waals surface area (Å²) in [5, 5.41) is 32.1. The molecule has 0 radical (unpaired) electrons. The molecular formula is C30H48O4. The third-order valence-electron chi connectivity index (χ3n) is 12.7. The van der Waals surface area contributed by atoms with Crippen LogP contribution in [0.1, 0.15) is 99.3 Å². The van der Waals surface area contributed by atoms with Gasteiger partial charge in [0.1, 0.15) is 0 Å². The smallest absolute Gasteiger partial charge is 0.159 e. The Morgan fingerprint density at radius 1 is 0.824 bits per heavy atom. The van der Waals surface area contributed by atoms with Gasteiger partial charge in [0, 0.05) is 16.7 Å². The lowest BCUT2D eigenvalue weighted by molar-refractivity contribution is -0.189. The summed E-state index contributed by atoms with van der Waals surface area (Å²) in [5.74, 6) is 1.40. The average Bonchev–Trinajstić information content (AvgIpc) is 2.90. The predicted molar refractivity (Wildman–Crippen MR) is 134 cm³/mol. The molecule has 5 aliphatic carbocycles. The van der Waals surface area contributed by atoms with Gasteiger partial charge in [-0.05, 0) is 97.9 Å². The molecule has 5 aliphatic rings. The molecule has 4 fully saturated rings. The number of ketones is 1. The van der Waals surface area contributed by atoms with Gasteiger partial charge in [-0.2, -0.15) is 0 Å². The summed E-state index contributed by atoms with van der Waals surface area (Å²) in [6.07, 6.45) is 10.1. The van der Waals surface area contributed by atoms with Crippen molar-refractivity contribution < 1.29 is 20.1 Å². The minimum Gasteiger partial charge on any atom is -0.396 e. The Hall–Kier alpha value is -0.710. The molecular weight excluding hydrogens is 424 g/mol. The maximum Gasteiger partial charge on any atom is 0.159 e. The second-order valence-corrected chi connectivity index (χ2v) is 14.8. The topological polar surface area (TPSA) is 77.8 Å². The molecule has 0 saturated heterocycles. The fraction of sp³-hybridized carbons (Fsp3) is 0.900. The first-order valence-corrected chi connectivity index (χ1v) is 14.0. The number of fused-ring (bicyclic) bond motifs is 6. The Morgan fingerprint density at radius 2 is 1.47 bits per heavy atom. The van der Waals surface area contributed by atoms with Gasteiger partial charge >= 0.3 is 0 Å². The zero-order valence-electron chi connectivity index (χ0n) is 22.4. The molecule has 0 bridgehead atoms. The fourth-order valence-electron chi connectivity index (χ4n) is 10.9. The van der Waals surface area contributed by atoms with E-state index in [-0.39, 0.29) is 34.6 Å². The van der Waals surface area contributed by atoms with E-state index in [0.717, 1.165) is 57.8 Å². The lowest BCUT2D eigenvalue weighted by atomic mass is 9.42. The van der Waals surface area contributed by atoms with Gasteiger partial charge in [0.25, 0.3) is 0 Å². The van der Waals surface area contributed by atoms with Crippen molar-refractivity contribution in [2.75, 3.05) is 6.61 Å². The molecule has 0 aromatic rings. The van der Waals surface area contributed by atoms with E-state index in [1.54, 1.807) is 0 Å². The quantitative estimate of drug-likeness (QED) is 0.484. The van der Waals surface area contributed by atoms with Crippen LogP contribution in [0.2, 0.25) is 0 Å². The molecule has 34 heavy (non-hydrogen) atoms. The van der Waals surface area contributed by atoms with Crippen LogP contribution in [0.3, 0.4) is 0 Å². The van der Waals surface area contributed by atoms with Crippen molar-refractivity contribution in [3.63, 3.8) is 0 Å². The number of carbonyl (C=O) groups excluding carboxylic acids is 1. The molecule has 0 aliphatic heterocycles. The van der Waals surface area contributed by atoms with E-state index in [1.807, 2.05) is 6.08 Å². The van der Waals surface area contributed by atoms with E-state index in [1.165, 1.54) is 5.57 Å². The first kappa shape index (κ1) is 25.0. The second kappa shape index (κ2) is 7.65. The third kappa shape index (κ3) is 3.10. The van der Waals surface area contributed by atoms with Crippen LogP contribution in [0.5, 0.6) is 0 Å². The maximum atomic E-state index is 13.6. The van der Waals surface area contributed by atoms with Gasteiger partial charge in [-0.15, -0.1) is 0 Å². The third-order valence-corrected chi connectivity index (χ3v) is 12.7. The lowest BCUT2D eigenvalue weighted by Gasteiger charge is -2.64. The molecule has 0 amide bonds. The fourth-order valence-corrected chi connectivity index (χ4v) is 10.9. The van der Waals surface area contributed by atoms with Crippen molar-refractivity contribution in [1.82, 2.24) is 0 Å². The van der Waals surface area contributed by atoms with Crippen LogP contribution in [0.4, 0.5) is 0 Å². The van der Waals surface area contributed by atoms with Crippen LogP contribution in [0, 0.1) is 50.7 Å². The summed E-state index contributed by atoms with van der Waals surface area (Å²) in [5.41, 5.74) is 0.722. The molecule has 5 rings (SSSR count). The van der Waals surface area contributed by atoms with Gasteiger partial charge in [0.05, 0.1) is 18.8 Å². The molecule has 192 valence electrons. The van der Waals surface area contributed by atoms with Crippen molar-refractivity contribution >= 4 is 5.78 Å². The Kier molecular flexibility index (Phi) is 5.62. The van der Waals surface area contributed by atoms with E-state index in [9.17, 15) is 20.1 Å². The number of carbonyl (C=O) groups is 1. The van der Waals surface area contributed by atoms with E-state index >= 15 is 0 Å². The second-order valence-electron chi connectivity index (χ2n) is 14.8. The number of allylic oxidation sites excluding steroid dienone is 2. The Bertz CT molecular complexity index is 892. The summed E-state index contributed by atoms with van der Waals surface area (Å²) in [6.45, 7) is 13.6. The van der Waals surface area contributed by atoms with Crippen LogP contribution in [0.15, 0.2) is 11.6 Å². The first-order valence-electron chi connectivity index (χ1n) is 14.0. The first-order chi connectivity index (χ1) is 15.7. The summed E-state index contributed by atoms with van der Waals surface area (Å²) in [4.78, 5) is 13.6. The van der Waals surface area contributed by atoms with Crippen molar-refractivity contribution in [3.05, 3.63) is 11.6 Å². The normalized spacial score (nSPS) is 54.6. The number of aliphatic hydroxyl groups is 3. The van der Waals surface area contributed by atoms with Crippen molar-refractivity contribution in [2.45, 2.75) is 112 Å². The van der Waals surface area contributed by atoms with E-state index in [2.05, 4.69) is 41.5 Å². The summed E-state index contributed by atoms with van der Waals surface area (Å²) < 4.78 is 0.